The second kappa shape index (κ2) is 4.09. The second-order valence-electron chi connectivity index (χ2n) is 4.55. The van der Waals surface area contributed by atoms with Crippen molar-refractivity contribution in [2.45, 2.75) is 33.1 Å². The quantitative estimate of drug-likeness (QED) is 0.662. The van der Waals surface area contributed by atoms with E-state index in [4.69, 9.17) is 5.73 Å². The fourth-order valence-electron chi connectivity index (χ4n) is 1.75. The summed E-state index contributed by atoms with van der Waals surface area (Å²) in [6.07, 6.45) is 3.79. The van der Waals surface area contributed by atoms with Gasteiger partial charge < -0.3 is 4.90 Å². The predicted molar refractivity (Wildman–Crippen MR) is 52.2 cm³/mol. The van der Waals surface area contributed by atoms with Crippen molar-refractivity contribution in [1.82, 2.24) is 10.6 Å². The number of likely N-dealkylation sites (tertiary alicyclic amines) is 1. The molecule has 1 amide bonds. The van der Waals surface area contributed by atoms with E-state index < -0.39 is 11.3 Å². The molecule has 0 aromatic rings. The van der Waals surface area contributed by atoms with Gasteiger partial charge in [-0.2, -0.15) is 0 Å². The SMILES string of the molecule is CC(C)(CN1CCCCC1)C([NH])=O. The van der Waals surface area contributed by atoms with E-state index in [0.29, 0.717) is 0 Å². The molecule has 75 valence electrons. The van der Waals surface area contributed by atoms with Gasteiger partial charge in [0.2, 0.25) is 5.91 Å². The van der Waals surface area contributed by atoms with Crippen molar-refractivity contribution < 1.29 is 4.79 Å². The Morgan fingerprint density at radius 2 is 1.85 bits per heavy atom. The molecule has 13 heavy (non-hydrogen) atoms. The lowest BCUT2D eigenvalue weighted by Gasteiger charge is -2.32. The van der Waals surface area contributed by atoms with Gasteiger partial charge in [-0.25, -0.2) is 0 Å². The molecule has 0 aromatic carbocycles. The Hall–Kier alpha value is -0.570. The molecule has 1 radical (unpaired) electrons. The average molecular weight is 183 g/mol. The number of amides is 1. The molecule has 1 saturated heterocycles. The van der Waals surface area contributed by atoms with Gasteiger partial charge >= 0.3 is 0 Å². The minimum absolute atomic E-state index is 0.446. The summed E-state index contributed by atoms with van der Waals surface area (Å²) in [4.78, 5) is 13.3. The Bertz CT molecular complexity index is 183. The fraction of sp³-hybridized carbons (Fsp3) is 0.900. The number of piperidine rings is 1. The third-order valence-corrected chi connectivity index (χ3v) is 2.68. The maximum Gasteiger partial charge on any atom is 0.245 e. The van der Waals surface area contributed by atoms with Gasteiger partial charge in [0.05, 0.1) is 5.41 Å². The first kappa shape index (κ1) is 10.5. The lowest BCUT2D eigenvalue weighted by molar-refractivity contribution is -0.127. The van der Waals surface area contributed by atoms with Crippen molar-refractivity contribution in [3.05, 3.63) is 0 Å². The van der Waals surface area contributed by atoms with E-state index in [1.165, 1.54) is 19.3 Å². The Morgan fingerprint density at radius 1 is 1.31 bits per heavy atom. The van der Waals surface area contributed by atoms with E-state index >= 15 is 0 Å². The van der Waals surface area contributed by atoms with E-state index in [-0.39, 0.29) is 0 Å². The van der Waals surface area contributed by atoms with Crippen molar-refractivity contribution >= 4 is 5.91 Å². The van der Waals surface area contributed by atoms with E-state index in [9.17, 15) is 4.79 Å². The van der Waals surface area contributed by atoms with Crippen LogP contribution in [0.5, 0.6) is 0 Å². The molecule has 1 aliphatic heterocycles. The molecule has 0 saturated carbocycles. The molecule has 0 atom stereocenters. The molecular formula is C10H19N2O. The summed E-state index contributed by atoms with van der Waals surface area (Å²) in [7, 11) is 0. The number of nitrogens with zero attached hydrogens (tertiary/aromatic N) is 1. The number of hydrogen-bond acceptors (Lipinski definition) is 2. The second-order valence-corrected chi connectivity index (χ2v) is 4.55. The first-order chi connectivity index (χ1) is 6.02. The topological polar surface area (TPSA) is 44.1 Å². The molecule has 3 nitrogen and oxygen atoms in total. The van der Waals surface area contributed by atoms with Crippen LogP contribution in [0.1, 0.15) is 33.1 Å². The molecule has 1 aliphatic rings. The molecular weight excluding hydrogens is 164 g/mol. The van der Waals surface area contributed by atoms with Crippen molar-refractivity contribution in [3.63, 3.8) is 0 Å². The van der Waals surface area contributed by atoms with Crippen LogP contribution >= 0.6 is 0 Å². The number of rotatable bonds is 3. The van der Waals surface area contributed by atoms with E-state index in [2.05, 4.69) is 4.90 Å². The Labute approximate surface area is 80.3 Å². The van der Waals surface area contributed by atoms with Crippen molar-refractivity contribution in [1.29, 1.82) is 0 Å². The van der Waals surface area contributed by atoms with Crippen LogP contribution < -0.4 is 5.73 Å². The number of carbonyl (C=O) groups excluding carboxylic acids is 1. The van der Waals surface area contributed by atoms with Gasteiger partial charge in [-0.15, -0.1) is 0 Å². The average Bonchev–Trinajstić information content (AvgIpc) is 2.05. The van der Waals surface area contributed by atoms with Crippen LogP contribution in [-0.2, 0) is 4.79 Å². The van der Waals surface area contributed by atoms with E-state index in [1.54, 1.807) is 0 Å². The Morgan fingerprint density at radius 3 is 2.31 bits per heavy atom. The highest BCUT2D eigenvalue weighted by Crippen LogP contribution is 2.19. The summed E-state index contributed by atoms with van der Waals surface area (Å²) < 4.78 is 0. The molecule has 0 bridgehead atoms. The van der Waals surface area contributed by atoms with Gasteiger partial charge in [-0.1, -0.05) is 6.42 Å². The highest BCUT2D eigenvalue weighted by Gasteiger charge is 2.28. The molecule has 0 aromatic heterocycles. The zero-order chi connectivity index (χ0) is 9.90. The molecule has 1 rings (SSSR count). The summed E-state index contributed by atoms with van der Waals surface area (Å²) in [5.74, 6) is -0.446. The minimum atomic E-state index is -0.489. The third kappa shape index (κ3) is 2.99. The number of carbonyl (C=O) groups is 1. The highest BCUT2D eigenvalue weighted by molar-refractivity contribution is 5.79. The van der Waals surface area contributed by atoms with Gasteiger partial charge in [-0.3, -0.25) is 10.5 Å². The third-order valence-electron chi connectivity index (χ3n) is 2.68. The number of hydrogen-bond donors (Lipinski definition) is 0. The normalized spacial score (nSPS) is 20.2. The first-order valence-corrected chi connectivity index (χ1v) is 5.01. The van der Waals surface area contributed by atoms with Gasteiger partial charge in [0.25, 0.3) is 0 Å². The van der Waals surface area contributed by atoms with Crippen LogP contribution in [0, 0.1) is 5.41 Å². The fourth-order valence-corrected chi connectivity index (χ4v) is 1.75. The van der Waals surface area contributed by atoms with E-state index in [1.807, 2.05) is 13.8 Å². The molecule has 0 spiro atoms. The van der Waals surface area contributed by atoms with Gasteiger partial charge in [0.1, 0.15) is 0 Å². The number of nitrogens with one attached hydrogen (secondary N) is 1. The lowest BCUT2D eigenvalue weighted by atomic mass is 9.91. The summed E-state index contributed by atoms with van der Waals surface area (Å²) in [5.41, 5.74) is 6.64. The molecule has 1 heterocycles. The van der Waals surface area contributed by atoms with Gasteiger partial charge in [0.15, 0.2) is 0 Å². The highest BCUT2D eigenvalue weighted by atomic mass is 16.1. The monoisotopic (exact) mass is 183 g/mol. The van der Waals surface area contributed by atoms with Crippen LogP contribution in [0.15, 0.2) is 0 Å². The smallest absolute Gasteiger partial charge is 0.245 e. The van der Waals surface area contributed by atoms with Gasteiger partial charge in [0, 0.05) is 6.54 Å². The lowest BCUT2D eigenvalue weighted by Crippen LogP contribution is -2.42. The minimum Gasteiger partial charge on any atom is -0.302 e. The van der Waals surface area contributed by atoms with Crippen molar-refractivity contribution in [2.75, 3.05) is 19.6 Å². The molecule has 3 heteroatoms. The summed E-state index contributed by atoms with van der Waals surface area (Å²) in [6, 6.07) is 0. The zero-order valence-corrected chi connectivity index (χ0v) is 8.60. The molecule has 1 fully saturated rings. The first-order valence-electron chi connectivity index (χ1n) is 5.01. The summed E-state index contributed by atoms with van der Waals surface area (Å²) >= 11 is 0. The van der Waals surface area contributed by atoms with Crippen molar-refractivity contribution in [2.24, 2.45) is 5.41 Å². The van der Waals surface area contributed by atoms with Crippen molar-refractivity contribution in [3.8, 4) is 0 Å². The maximum absolute atomic E-state index is 11.0. The Kier molecular flexibility index (Phi) is 3.31. The molecule has 0 unspecified atom stereocenters. The summed E-state index contributed by atoms with van der Waals surface area (Å²) in [5, 5.41) is 0. The largest absolute Gasteiger partial charge is 0.302 e. The van der Waals surface area contributed by atoms with E-state index in [0.717, 1.165) is 19.6 Å². The van der Waals surface area contributed by atoms with Gasteiger partial charge in [-0.05, 0) is 39.8 Å². The summed E-state index contributed by atoms with van der Waals surface area (Å²) in [6.45, 7) is 6.65. The van der Waals surface area contributed by atoms with Crippen LogP contribution in [0.4, 0.5) is 0 Å². The standard InChI is InChI=1S/C10H19N2O/c1-10(2,9(11)13)8-12-6-4-3-5-7-12/h11H,3-8H2,1-2H3. The maximum atomic E-state index is 11.0. The van der Waals surface area contributed by atoms with Crippen LogP contribution in [-0.4, -0.2) is 30.4 Å². The van der Waals surface area contributed by atoms with Crippen LogP contribution in [0.25, 0.3) is 0 Å². The zero-order valence-electron chi connectivity index (χ0n) is 8.60. The van der Waals surface area contributed by atoms with Crippen LogP contribution in [0.2, 0.25) is 0 Å². The van der Waals surface area contributed by atoms with Crippen LogP contribution in [0.3, 0.4) is 0 Å². The Balaban J connectivity index is 2.41. The molecule has 0 aliphatic carbocycles. The predicted octanol–water partition coefficient (Wildman–Crippen LogP) is 1.31. The molecule has 1 N–H and O–H groups in total.